The second kappa shape index (κ2) is 17.6. The lowest BCUT2D eigenvalue weighted by molar-refractivity contribution is -0.118. The number of hydrogen-bond donors (Lipinski definition) is 2. The maximum absolute atomic E-state index is 12.4. The Kier molecular flexibility index (Phi) is 13.6. The van der Waals surface area contributed by atoms with Gasteiger partial charge < -0.3 is 24.8 Å². The highest BCUT2D eigenvalue weighted by atomic mass is 35.5. The Balaban J connectivity index is 1.50. The fourth-order valence-corrected chi connectivity index (χ4v) is 6.84. The molecular weight excluding hydrogens is 671 g/mol. The third-order valence-corrected chi connectivity index (χ3v) is 9.19. The second-order valence-electron chi connectivity index (χ2n) is 13.7. The van der Waals surface area contributed by atoms with Crippen LogP contribution in [0.25, 0.3) is 11.1 Å². The molecule has 266 valence electrons. The van der Waals surface area contributed by atoms with Gasteiger partial charge in [-0.25, -0.2) is 4.79 Å². The molecule has 0 saturated heterocycles. The molecule has 0 fully saturated rings. The molecule has 2 amide bonds. The summed E-state index contributed by atoms with van der Waals surface area (Å²) in [5, 5.41) is 14.0. The number of carboxylic acid groups (broad SMARTS) is 1. The summed E-state index contributed by atoms with van der Waals surface area (Å²) in [7, 11) is 0. The van der Waals surface area contributed by atoms with Crippen LogP contribution in [0, 0.1) is 13.8 Å². The van der Waals surface area contributed by atoms with Gasteiger partial charge in [0.2, 0.25) is 5.91 Å². The highest BCUT2D eigenvalue weighted by Crippen LogP contribution is 2.35. The average Bonchev–Trinajstić information content (AvgIpc) is 3.04. The summed E-state index contributed by atoms with van der Waals surface area (Å²) < 4.78 is 11.7. The highest BCUT2D eigenvalue weighted by molar-refractivity contribution is 6.37. The number of aryl methyl sites for hydroxylation is 3. The number of amides is 2. The molecule has 0 spiro atoms. The molecule has 0 radical (unpaired) electrons. The van der Waals surface area contributed by atoms with Gasteiger partial charge in [-0.2, -0.15) is 0 Å². The summed E-state index contributed by atoms with van der Waals surface area (Å²) in [6.07, 6.45) is 1.40. The number of benzene rings is 4. The molecule has 0 aliphatic rings. The molecule has 1 unspecified atom stereocenters. The van der Waals surface area contributed by atoms with Gasteiger partial charge in [0, 0.05) is 31.5 Å². The minimum Gasteiger partial charge on any atom is -0.490 e. The van der Waals surface area contributed by atoms with Crippen molar-refractivity contribution in [3.05, 3.63) is 117 Å². The van der Waals surface area contributed by atoms with Crippen molar-refractivity contribution in [3.63, 3.8) is 0 Å². The van der Waals surface area contributed by atoms with Crippen LogP contribution in [0.2, 0.25) is 10.0 Å². The zero-order valence-electron chi connectivity index (χ0n) is 29.8. The summed E-state index contributed by atoms with van der Waals surface area (Å²) in [6, 6.07) is 26.4. The lowest BCUT2D eigenvalue weighted by Crippen LogP contribution is -2.47. The van der Waals surface area contributed by atoms with Gasteiger partial charge in [0.1, 0.15) is 19.0 Å². The smallest absolute Gasteiger partial charge is 0.407 e. The molecule has 4 aromatic carbocycles. The van der Waals surface area contributed by atoms with E-state index in [4.69, 9.17) is 32.7 Å². The van der Waals surface area contributed by atoms with Crippen LogP contribution < -0.4 is 14.8 Å². The first kappa shape index (κ1) is 38.6. The van der Waals surface area contributed by atoms with Crippen LogP contribution in [0.4, 0.5) is 4.79 Å². The summed E-state index contributed by atoms with van der Waals surface area (Å²) in [5.41, 5.74) is 7.18. The van der Waals surface area contributed by atoms with Crippen molar-refractivity contribution in [2.45, 2.75) is 72.3 Å². The van der Waals surface area contributed by atoms with Gasteiger partial charge in [0.05, 0.1) is 10.0 Å². The molecular formula is C41H48Cl2N2O5. The summed E-state index contributed by atoms with van der Waals surface area (Å²) in [5.74, 6) is 1.04. The minimum atomic E-state index is -0.941. The lowest BCUT2D eigenvalue weighted by atomic mass is 9.85. The quantitative estimate of drug-likeness (QED) is 0.120. The standard InChI is InChI=1S/C41H48Cl2N2O5/c1-27-22-37(42)39(38(43)23-27)50-21-20-49-34-16-13-30(14-17-34)25-33(26-45(40(47)48)41(4,5)6)35-18-15-32(24-28(35)2)36-12-8-7-10-31(36)11-9-19-44-29(3)46/h7-8,10,12-18,22-24,33H,9,11,19-21,25-26H2,1-6H3,(H,44,46)(H,47,48). The Hall–Kier alpha value is -4.20. The molecule has 0 bridgehead atoms. The van der Waals surface area contributed by atoms with Crippen LogP contribution in [0.3, 0.4) is 0 Å². The van der Waals surface area contributed by atoms with Crippen molar-refractivity contribution in [3.8, 4) is 22.6 Å². The third-order valence-electron chi connectivity index (χ3n) is 8.62. The number of nitrogens with zero attached hydrogens (tertiary/aromatic N) is 1. The van der Waals surface area contributed by atoms with Crippen LogP contribution >= 0.6 is 23.2 Å². The van der Waals surface area contributed by atoms with E-state index >= 15 is 0 Å². The Morgan fingerprint density at radius 1 is 0.900 bits per heavy atom. The van der Waals surface area contributed by atoms with Crippen LogP contribution in [-0.2, 0) is 17.6 Å². The highest BCUT2D eigenvalue weighted by Gasteiger charge is 2.30. The number of halogens is 2. The van der Waals surface area contributed by atoms with Gasteiger partial charge in [0.15, 0.2) is 5.75 Å². The third kappa shape index (κ3) is 10.9. The summed E-state index contributed by atoms with van der Waals surface area (Å²) in [4.78, 5) is 25.3. The largest absolute Gasteiger partial charge is 0.490 e. The van der Waals surface area contributed by atoms with E-state index in [2.05, 4.69) is 42.6 Å². The first-order chi connectivity index (χ1) is 23.7. The van der Waals surface area contributed by atoms with E-state index in [1.54, 1.807) is 0 Å². The van der Waals surface area contributed by atoms with Crippen molar-refractivity contribution in [1.82, 2.24) is 10.2 Å². The number of carbonyl (C=O) groups excluding carboxylic acids is 1. The number of hydrogen-bond acceptors (Lipinski definition) is 4. The van der Waals surface area contributed by atoms with E-state index in [0.717, 1.165) is 46.2 Å². The van der Waals surface area contributed by atoms with E-state index in [-0.39, 0.29) is 18.4 Å². The molecule has 0 aliphatic carbocycles. The molecule has 4 aromatic rings. The van der Waals surface area contributed by atoms with Gasteiger partial charge in [-0.1, -0.05) is 77.8 Å². The van der Waals surface area contributed by atoms with Gasteiger partial charge in [0.25, 0.3) is 0 Å². The normalized spacial score (nSPS) is 11.9. The zero-order valence-corrected chi connectivity index (χ0v) is 31.3. The Morgan fingerprint density at radius 3 is 2.18 bits per heavy atom. The van der Waals surface area contributed by atoms with Crippen molar-refractivity contribution in [2.24, 2.45) is 0 Å². The summed E-state index contributed by atoms with van der Waals surface area (Å²) >= 11 is 12.6. The first-order valence-electron chi connectivity index (χ1n) is 17.0. The zero-order chi connectivity index (χ0) is 36.4. The maximum atomic E-state index is 12.4. The molecule has 4 rings (SSSR count). The lowest BCUT2D eigenvalue weighted by Gasteiger charge is -2.36. The molecule has 0 aliphatic heterocycles. The van der Waals surface area contributed by atoms with Crippen LogP contribution in [0.15, 0.2) is 78.9 Å². The number of carbonyl (C=O) groups is 2. The van der Waals surface area contributed by atoms with E-state index in [9.17, 15) is 14.7 Å². The Bertz CT molecular complexity index is 1740. The fourth-order valence-electron chi connectivity index (χ4n) is 6.13. The van der Waals surface area contributed by atoms with E-state index in [1.165, 1.54) is 17.4 Å². The van der Waals surface area contributed by atoms with Crippen LogP contribution in [0.1, 0.15) is 67.9 Å². The van der Waals surface area contributed by atoms with Crippen molar-refractivity contribution in [2.75, 3.05) is 26.3 Å². The predicted molar refractivity (Wildman–Crippen MR) is 203 cm³/mol. The average molecular weight is 720 g/mol. The van der Waals surface area contributed by atoms with Gasteiger partial charge >= 0.3 is 6.09 Å². The molecule has 7 nitrogen and oxygen atoms in total. The van der Waals surface area contributed by atoms with Crippen LogP contribution in [-0.4, -0.2) is 53.8 Å². The number of rotatable bonds is 15. The molecule has 50 heavy (non-hydrogen) atoms. The molecule has 2 N–H and O–H groups in total. The Morgan fingerprint density at radius 2 is 1.56 bits per heavy atom. The van der Waals surface area contributed by atoms with Crippen molar-refractivity contribution in [1.29, 1.82) is 0 Å². The molecule has 0 saturated carbocycles. The Labute approximate surface area is 306 Å². The molecule has 0 heterocycles. The van der Waals surface area contributed by atoms with E-state index in [1.807, 2.05) is 76.2 Å². The maximum Gasteiger partial charge on any atom is 0.407 e. The molecule has 9 heteroatoms. The number of ether oxygens (including phenoxy) is 2. The molecule has 0 aromatic heterocycles. The SMILES string of the molecule is CC(=O)NCCCc1ccccc1-c1ccc(C(Cc2ccc(OCCOc3c(Cl)cc(C)cc3Cl)cc2)CN(C(=O)O)C(C)(C)C)c(C)c1. The second-order valence-corrected chi connectivity index (χ2v) is 14.5. The number of nitrogens with one attached hydrogen (secondary N) is 1. The topological polar surface area (TPSA) is 88.1 Å². The van der Waals surface area contributed by atoms with Crippen molar-refractivity contribution < 1.29 is 24.2 Å². The van der Waals surface area contributed by atoms with E-state index in [0.29, 0.717) is 47.7 Å². The van der Waals surface area contributed by atoms with Crippen molar-refractivity contribution >= 4 is 35.2 Å². The van der Waals surface area contributed by atoms with Gasteiger partial charge in [-0.3, -0.25) is 4.79 Å². The van der Waals surface area contributed by atoms with Crippen LogP contribution in [0.5, 0.6) is 11.5 Å². The van der Waals surface area contributed by atoms with Gasteiger partial charge in [-0.15, -0.1) is 0 Å². The molecule has 1 atom stereocenters. The fraction of sp³-hybridized carbons (Fsp3) is 0.366. The summed E-state index contributed by atoms with van der Waals surface area (Å²) in [6.45, 7) is 12.9. The predicted octanol–water partition coefficient (Wildman–Crippen LogP) is 9.91. The monoisotopic (exact) mass is 718 g/mol. The van der Waals surface area contributed by atoms with E-state index < -0.39 is 11.6 Å². The minimum absolute atomic E-state index is 0.0203. The van der Waals surface area contributed by atoms with Gasteiger partial charge in [-0.05, 0) is 117 Å². The first-order valence-corrected chi connectivity index (χ1v) is 17.7.